The highest BCUT2D eigenvalue weighted by molar-refractivity contribution is 5.34. The molecule has 0 aliphatic carbocycles. The first-order valence-electron chi connectivity index (χ1n) is 4.13. The van der Waals surface area contributed by atoms with Crippen molar-refractivity contribution < 1.29 is 9.15 Å². The third-order valence-electron chi connectivity index (χ3n) is 1.80. The van der Waals surface area contributed by atoms with Crippen LogP contribution in [0.3, 0.4) is 0 Å². The van der Waals surface area contributed by atoms with Crippen LogP contribution in [0.4, 0.5) is 0 Å². The summed E-state index contributed by atoms with van der Waals surface area (Å²) in [5.41, 5.74) is 1.10. The molecule has 0 aliphatic rings. The van der Waals surface area contributed by atoms with Crippen LogP contribution in [-0.2, 0) is 0 Å². The van der Waals surface area contributed by atoms with E-state index < -0.39 is 0 Å². The molecule has 0 spiro atoms. The van der Waals surface area contributed by atoms with Crippen LogP contribution >= 0.6 is 0 Å². The van der Waals surface area contributed by atoms with Crippen molar-refractivity contribution in [2.45, 2.75) is 6.92 Å². The highest BCUT2D eigenvalue weighted by atomic mass is 16.6. The Morgan fingerprint density at radius 2 is 1.92 bits per heavy atom. The average molecular weight is 174 g/mol. The van der Waals surface area contributed by atoms with Gasteiger partial charge in [0.15, 0.2) is 0 Å². The van der Waals surface area contributed by atoms with Crippen LogP contribution in [-0.4, -0.2) is 0 Å². The summed E-state index contributed by atoms with van der Waals surface area (Å²) < 4.78 is 10.6. The number of hydrogen-bond acceptors (Lipinski definition) is 2. The minimum absolute atomic E-state index is 0.523. The first-order valence-corrected chi connectivity index (χ1v) is 4.13. The second-order valence-electron chi connectivity index (χ2n) is 2.80. The Balaban J connectivity index is 2.24. The monoisotopic (exact) mass is 174 g/mol. The third-order valence-corrected chi connectivity index (χ3v) is 1.80. The fourth-order valence-electron chi connectivity index (χ4n) is 1.10. The second kappa shape index (κ2) is 3.35. The van der Waals surface area contributed by atoms with Gasteiger partial charge < -0.3 is 9.15 Å². The molecule has 66 valence electrons. The molecule has 0 fully saturated rings. The molecule has 0 unspecified atom stereocenters. The average Bonchev–Trinajstić information content (AvgIpc) is 2.61. The Kier molecular flexibility index (Phi) is 2.04. The zero-order chi connectivity index (χ0) is 9.10. The lowest BCUT2D eigenvalue weighted by Gasteiger charge is -2.03. The van der Waals surface area contributed by atoms with Crippen LogP contribution < -0.4 is 4.74 Å². The topological polar surface area (TPSA) is 22.4 Å². The molecule has 0 radical (unpaired) electrons. The summed E-state index contributed by atoms with van der Waals surface area (Å²) in [5.74, 6) is 1.35. The molecular weight excluding hydrogens is 164 g/mol. The minimum Gasteiger partial charge on any atom is -0.434 e. The molecule has 0 amide bonds. The first kappa shape index (κ1) is 7.92. The molecule has 13 heavy (non-hydrogen) atoms. The summed E-state index contributed by atoms with van der Waals surface area (Å²) >= 11 is 0. The number of ether oxygens (including phenoxy) is 1. The molecule has 0 atom stereocenters. The predicted molar refractivity (Wildman–Crippen MR) is 50.0 cm³/mol. The molecule has 0 bridgehead atoms. The summed E-state index contributed by atoms with van der Waals surface area (Å²) in [5, 5.41) is 0. The second-order valence-corrected chi connectivity index (χ2v) is 2.80. The molecule has 0 aliphatic heterocycles. The van der Waals surface area contributed by atoms with E-state index in [2.05, 4.69) is 0 Å². The van der Waals surface area contributed by atoms with Crippen molar-refractivity contribution in [3.05, 3.63) is 48.2 Å². The maximum atomic E-state index is 5.48. The number of para-hydroxylation sites is 1. The van der Waals surface area contributed by atoms with Crippen molar-refractivity contribution in [1.82, 2.24) is 0 Å². The first-order chi connectivity index (χ1) is 6.36. The van der Waals surface area contributed by atoms with E-state index in [-0.39, 0.29) is 0 Å². The maximum Gasteiger partial charge on any atom is 0.289 e. The van der Waals surface area contributed by atoms with Crippen LogP contribution in [0.5, 0.6) is 11.7 Å². The van der Waals surface area contributed by atoms with Crippen molar-refractivity contribution in [3.8, 4) is 11.7 Å². The number of rotatable bonds is 2. The van der Waals surface area contributed by atoms with Gasteiger partial charge in [-0.1, -0.05) is 18.2 Å². The van der Waals surface area contributed by atoms with Crippen LogP contribution in [0, 0.1) is 6.92 Å². The summed E-state index contributed by atoms with van der Waals surface area (Å²) in [6, 6.07) is 11.4. The molecule has 1 aromatic carbocycles. The van der Waals surface area contributed by atoms with Crippen LogP contribution in [0.1, 0.15) is 5.56 Å². The highest BCUT2D eigenvalue weighted by Crippen LogP contribution is 2.24. The fourth-order valence-corrected chi connectivity index (χ4v) is 1.10. The van der Waals surface area contributed by atoms with Gasteiger partial charge in [-0.3, -0.25) is 0 Å². The fraction of sp³-hybridized carbons (Fsp3) is 0.0909. The van der Waals surface area contributed by atoms with Crippen molar-refractivity contribution in [2.75, 3.05) is 0 Å². The summed E-state index contributed by atoms with van der Waals surface area (Å²) in [6.07, 6.45) is 1.59. The summed E-state index contributed by atoms with van der Waals surface area (Å²) in [7, 11) is 0. The third kappa shape index (κ3) is 1.72. The van der Waals surface area contributed by atoms with Crippen LogP contribution in [0.15, 0.2) is 47.1 Å². The van der Waals surface area contributed by atoms with Gasteiger partial charge >= 0.3 is 0 Å². The Hall–Kier alpha value is -1.70. The SMILES string of the molecule is Cc1ccccc1Oc1ccco1. The standard InChI is InChI=1S/C11H10O2/c1-9-5-2-3-6-10(9)13-11-7-4-8-12-11/h2-8H,1H3. The summed E-state index contributed by atoms with van der Waals surface area (Å²) in [4.78, 5) is 0. The Morgan fingerprint density at radius 1 is 1.08 bits per heavy atom. The van der Waals surface area contributed by atoms with Crippen molar-refractivity contribution in [3.63, 3.8) is 0 Å². The van der Waals surface area contributed by atoms with E-state index in [1.807, 2.05) is 31.2 Å². The zero-order valence-electron chi connectivity index (χ0n) is 7.36. The van der Waals surface area contributed by atoms with Gasteiger partial charge in [0.25, 0.3) is 5.95 Å². The zero-order valence-corrected chi connectivity index (χ0v) is 7.36. The quantitative estimate of drug-likeness (QED) is 0.696. The van der Waals surface area contributed by atoms with Crippen LogP contribution in [0.2, 0.25) is 0 Å². The lowest BCUT2D eigenvalue weighted by Crippen LogP contribution is -1.84. The molecule has 2 rings (SSSR count). The molecule has 1 aromatic heterocycles. The van der Waals surface area contributed by atoms with E-state index in [1.165, 1.54) is 0 Å². The number of furan rings is 1. The van der Waals surface area contributed by atoms with Crippen molar-refractivity contribution >= 4 is 0 Å². The van der Waals surface area contributed by atoms with E-state index in [0.29, 0.717) is 5.95 Å². The van der Waals surface area contributed by atoms with E-state index in [0.717, 1.165) is 11.3 Å². The lowest BCUT2D eigenvalue weighted by molar-refractivity contribution is 0.345. The van der Waals surface area contributed by atoms with Crippen molar-refractivity contribution in [2.24, 2.45) is 0 Å². The number of aryl methyl sites for hydroxylation is 1. The van der Waals surface area contributed by atoms with Crippen molar-refractivity contribution in [1.29, 1.82) is 0 Å². The van der Waals surface area contributed by atoms with Gasteiger partial charge in [0.1, 0.15) is 5.75 Å². The normalized spacial score (nSPS) is 9.92. The Labute approximate surface area is 76.8 Å². The molecule has 2 nitrogen and oxygen atoms in total. The predicted octanol–water partition coefficient (Wildman–Crippen LogP) is 3.38. The van der Waals surface area contributed by atoms with Gasteiger partial charge in [0.2, 0.25) is 0 Å². The molecular formula is C11H10O2. The van der Waals surface area contributed by atoms with E-state index in [1.54, 1.807) is 18.4 Å². The minimum atomic E-state index is 0.523. The van der Waals surface area contributed by atoms with Gasteiger partial charge in [0.05, 0.1) is 6.26 Å². The van der Waals surface area contributed by atoms with Gasteiger partial charge in [-0.05, 0) is 24.6 Å². The van der Waals surface area contributed by atoms with Gasteiger partial charge in [0, 0.05) is 6.07 Å². The largest absolute Gasteiger partial charge is 0.434 e. The number of benzene rings is 1. The Morgan fingerprint density at radius 3 is 2.62 bits per heavy atom. The smallest absolute Gasteiger partial charge is 0.289 e. The molecule has 2 aromatic rings. The van der Waals surface area contributed by atoms with Crippen LogP contribution in [0.25, 0.3) is 0 Å². The molecule has 2 heteroatoms. The van der Waals surface area contributed by atoms with Gasteiger partial charge in [-0.25, -0.2) is 0 Å². The van der Waals surface area contributed by atoms with Gasteiger partial charge in [-0.2, -0.15) is 0 Å². The van der Waals surface area contributed by atoms with E-state index >= 15 is 0 Å². The van der Waals surface area contributed by atoms with E-state index in [9.17, 15) is 0 Å². The van der Waals surface area contributed by atoms with E-state index in [4.69, 9.17) is 9.15 Å². The molecule has 0 N–H and O–H groups in total. The number of hydrogen-bond donors (Lipinski definition) is 0. The molecule has 1 heterocycles. The maximum absolute atomic E-state index is 5.48. The molecule has 0 saturated carbocycles. The highest BCUT2D eigenvalue weighted by Gasteiger charge is 2.00. The molecule has 0 saturated heterocycles. The van der Waals surface area contributed by atoms with Gasteiger partial charge in [-0.15, -0.1) is 0 Å². The lowest BCUT2D eigenvalue weighted by atomic mass is 10.2. The summed E-state index contributed by atoms with van der Waals surface area (Å²) in [6.45, 7) is 2.00. The Bertz CT molecular complexity index is 377.